The summed E-state index contributed by atoms with van der Waals surface area (Å²) in [5.41, 5.74) is -1.73. The first-order valence-electron chi connectivity index (χ1n) is 3.83. The van der Waals surface area contributed by atoms with E-state index in [4.69, 9.17) is 15.9 Å². The van der Waals surface area contributed by atoms with Crippen LogP contribution in [-0.4, -0.2) is 8.42 Å². The summed E-state index contributed by atoms with van der Waals surface area (Å²) >= 11 is 2.60. The lowest BCUT2D eigenvalue weighted by Crippen LogP contribution is -2.08. The van der Waals surface area contributed by atoms with E-state index >= 15 is 0 Å². The smallest absolute Gasteiger partial charge is 0.207 e. The number of rotatable bonds is 1. The Morgan fingerprint density at radius 3 is 2.24 bits per heavy atom. The number of hydrogen-bond acceptors (Lipinski definition) is 3. The van der Waals surface area contributed by atoms with Crippen LogP contribution in [0.5, 0.6) is 0 Å². The quantitative estimate of drug-likeness (QED) is 0.732. The molecule has 0 saturated carbocycles. The van der Waals surface area contributed by atoms with Crippen molar-refractivity contribution in [3.05, 3.63) is 27.7 Å². The Bertz CT molecular complexity index is 606. The largest absolute Gasteiger partial charge is 0.417 e. The molecular formula is C8H2BrClF3NO2S. The van der Waals surface area contributed by atoms with Crippen LogP contribution in [0.2, 0.25) is 0 Å². The van der Waals surface area contributed by atoms with E-state index < -0.39 is 35.7 Å². The molecule has 9 heteroatoms. The zero-order valence-electron chi connectivity index (χ0n) is 7.72. The van der Waals surface area contributed by atoms with Crippen molar-refractivity contribution in [2.45, 2.75) is 11.1 Å². The molecule has 3 nitrogen and oxygen atoms in total. The van der Waals surface area contributed by atoms with Crippen LogP contribution in [0.25, 0.3) is 0 Å². The fourth-order valence-corrected chi connectivity index (χ4v) is 2.35. The summed E-state index contributed by atoms with van der Waals surface area (Å²) in [7, 11) is 0.607. The third-order valence-corrected chi connectivity index (χ3v) is 3.94. The SMILES string of the molecule is N#Cc1cc(S(=O)(=O)Cl)cc(C(F)(F)F)c1Br. The number of hydrogen-bond donors (Lipinski definition) is 0. The number of alkyl halides is 3. The molecule has 0 aliphatic carbocycles. The van der Waals surface area contributed by atoms with E-state index in [9.17, 15) is 21.6 Å². The molecule has 0 fully saturated rings. The fraction of sp³-hybridized carbons (Fsp3) is 0.125. The maximum absolute atomic E-state index is 12.6. The van der Waals surface area contributed by atoms with Crippen molar-refractivity contribution in [1.29, 1.82) is 5.26 Å². The van der Waals surface area contributed by atoms with Gasteiger partial charge in [0, 0.05) is 15.2 Å². The Morgan fingerprint density at radius 1 is 1.35 bits per heavy atom. The molecule has 0 N–H and O–H groups in total. The van der Waals surface area contributed by atoms with Gasteiger partial charge in [-0.2, -0.15) is 18.4 Å². The molecule has 0 radical (unpaired) electrons. The molecule has 17 heavy (non-hydrogen) atoms. The molecule has 0 saturated heterocycles. The van der Waals surface area contributed by atoms with Crippen LogP contribution in [0, 0.1) is 11.3 Å². The van der Waals surface area contributed by atoms with Gasteiger partial charge in [0.1, 0.15) is 6.07 Å². The number of benzene rings is 1. The van der Waals surface area contributed by atoms with Gasteiger partial charge >= 0.3 is 6.18 Å². The highest BCUT2D eigenvalue weighted by Crippen LogP contribution is 2.38. The Balaban J connectivity index is 3.70. The van der Waals surface area contributed by atoms with Gasteiger partial charge in [0.2, 0.25) is 0 Å². The number of halogens is 5. The molecule has 1 aromatic carbocycles. The van der Waals surface area contributed by atoms with Crippen molar-refractivity contribution in [3.8, 4) is 6.07 Å². The van der Waals surface area contributed by atoms with Crippen molar-refractivity contribution < 1.29 is 21.6 Å². The molecule has 0 aliphatic rings. The lowest BCUT2D eigenvalue weighted by Gasteiger charge is -2.11. The summed E-state index contributed by atoms with van der Waals surface area (Å²) in [5, 5.41) is 8.61. The van der Waals surface area contributed by atoms with E-state index in [2.05, 4.69) is 15.9 Å². The first-order chi connectivity index (χ1) is 7.57. The van der Waals surface area contributed by atoms with E-state index in [1.54, 1.807) is 0 Å². The van der Waals surface area contributed by atoms with E-state index in [0.29, 0.717) is 6.07 Å². The van der Waals surface area contributed by atoms with Crippen molar-refractivity contribution in [2.75, 3.05) is 0 Å². The Labute approximate surface area is 107 Å². The Kier molecular flexibility index (Phi) is 3.76. The maximum Gasteiger partial charge on any atom is 0.417 e. The molecule has 0 spiro atoms. The summed E-state index contributed by atoms with van der Waals surface area (Å²) in [6, 6.07) is 2.58. The molecule has 0 amide bonds. The third kappa shape index (κ3) is 3.12. The van der Waals surface area contributed by atoms with Crippen molar-refractivity contribution >= 4 is 35.7 Å². The van der Waals surface area contributed by atoms with E-state index in [0.717, 1.165) is 6.07 Å². The molecular weight excluding hydrogens is 347 g/mol. The first kappa shape index (κ1) is 14.3. The van der Waals surface area contributed by atoms with Gasteiger partial charge in [-0.15, -0.1) is 0 Å². The van der Waals surface area contributed by atoms with Crippen molar-refractivity contribution in [1.82, 2.24) is 0 Å². The van der Waals surface area contributed by atoms with Crippen molar-refractivity contribution in [2.24, 2.45) is 0 Å². The molecule has 0 bridgehead atoms. The zero-order valence-corrected chi connectivity index (χ0v) is 10.9. The summed E-state index contributed by atoms with van der Waals surface area (Å²) < 4.78 is 59.1. The fourth-order valence-electron chi connectivity index (χ4n) is 1.03. The minimum Gasteiger partial charge on any atom is -0.207 e. The summed E-state index contributed by atoms with van der Waals surface area (Å²) in [6.45, 7) is 0. The molecule has 0 aromatic heterocycles. The van der Waals surface area contributed by atoms with Crippen LogP contribution >= 0.6 is 26.6 Å². The van der Waals surface area contributed by atoms with Gasteiger partial charge in [-0.05, 0) is 28.1 Å². The van der Waals surface area contributed by atoms with Crippen molar-refractivity contribution in [3.63, 3.8) is 0 Å². The number of nitriles is 1. The second-order valence-electron chi connectivity index (χ2n) is 2.88. The standard InChI is InChI=1S/C8H2BrClF3NO2S/c9-7-4(3-14)1-5(17(10,15)16)2-6(7)8(11,12)13/h1-2H. The molecule has 0 heterocycles. The van der Waals surface area contributed by atoms with E-state index in [1.807, 2.05) is 0 Å². The second kappa shape index (κ2) is 4.48. The summed E-state index contributed by atoms with van der Waals surface area (Å²) in [5.74, 6) is 0. The van der Waals surface area contributed by atoms with Crippen LogP contribution < -0.4 is 0 Å². The van der Waals surface area contributed by atoms with E-state index in [-0.39, 0.29) is 0 Å². The first-order valence-corrected chi connectivity index (χ1v) is 6.93. The third-order valence-electron chi connectivity index (χ3n) is 1.75. The highest BCUT2D eigenvalue weighted by molar-refractivity contribution is 9.10. The molecule has 0 unspecified atom stereocenters. The van der Waals surface area contributed by atoms with Gasteiger partial charge in [-0.3, -0.25) is 0 Å². The summed E-state index contributed by atoms with van der Waals surface area (Å²) in [6.07, 6.45) is -4.79. The molecule has 92 valence electrons. The van der Waals surface area contributed by atoms with Gasteiger partial charge < -0.3 is 0 Å². The topological polar surface area (TPSA) is 57.9 Å². The van der Waals surface area contributed by atoms with Gasteiger partial charge in [0.05, 0.1) is 16.0 Å². The monoisotopic (exact) mass is 347 g/mol. The van der Waals surface area contributed by atoms with Crippen LogP contribution in [0.15, 0.2) is 21.5 Å². The Hall–Kier alpha value is -0.780. The van der Waals surface area contributed by atoms with E-state index in [1.165, 1.54) is 6.07 Å². The van der Waals surface area contributed by atoms with Gasteiger partial charge in [0.25, 0.3) is 9.05 Å². The predicted octanol–water partition coefficient (Wildman–Crippen LogP) is 3.27. The number of nitrogens with zero attached hydrogens (tertiary/aromatic N) is 1. The minimum atomic E-state index is -4.79. The molecule has 1 rings (SSSR count). The zero-order chi connectivity index (χ0) is 13.4. The van der Waals surface area contributed by atoms with Gasteiger partial charge in [0.15, 0.2) is 0 Å². The molecule has 1 aromatic rings. The van der Waals surface area contributed by atoms with Crippen LogP contribution in [-0.2, 0) is 15.2 Å². The van der Waals surface area contributed by atoms with Gasteiger partial charge in [-0.1, -0.05) is 0 Å². The lowest BCUT2D eigenvalue weighted by atomic mass is 10.1. The highest BCUT2D eigenvalue weighted by Gasteiger charge is 2.35. The highest BCUT2D eigenvalue weighted by atomic mass is 79.9. The van der Waals surface area contributed by atoms with Crippen LogP contribution in [0.3, 0.4) is 0 Å². The second-order valence-corrected chi connectivity index (χ2v) is 6.24. The molecule has 0 atom stereocenters. The van der Waals surface area contributed by atoms with Crippen LogP contribution in [0.4, 0.5) is 13.2 Å². The Morgan fingerprint density at radius 2 is 1.88 bits per heavy atom. The average molecular weight is 349 g/mol. The van der Waals surface area contributed by atoms with Gasteiger partial charge in [-0.25, -0.2) is 8.42 Å². The molecule has 0 aliphatic heterocycles. The summed E-state index contributed by atoms with van der Waals surface area (Å²) in [4.78, 5) is -0.772. The minimum absolute atomic E-state index is 0.368. The average Bonchev–Trinajstić information content (AvgIpc) is 2.14. The predicted molar refractivity (Wildman–Crippen MR) is 56.9 cm³/mol. The normalized spacial score (nSPS) is 12.2. The van der Waals surface area contributed by atoms with Crippen LogP contribution in [0.1, 0.15) is 11.1 Å². The maximum atomic E-state index is 12.6. The lowest BCUT2D eigenvalue weighted by molar-refractivity contribution is -0.138.